The van der Waals surface area contributed by atoms with Gasteiger partial charge in [-0.1, -0.05) is 23.8 Å². The largest absolute Gasteiger partial charge is 0.481 e. The molecular weight excluding hydrogens is 406 g/mol. The molecule has 7 heteroatoms. The fourth-order valence-electron chi connectivity index (χ4n) is 3.51. The second kappa shape index (κ2) is 11.4. The first-order chi connectivity index (χ1) is 14.2. The highest BCUT2D eigenvalue weighted by Gasteiger charge is 2.14. The highest BCUT2D eigenvalue weighted by atomic mass is 31.1. The molecule has 2 rings (SSSR count). The minimum atomic E-state index is -2.45. The zero-order valence-corrected chi connectivity index (χ0v) is 18.7. The highest BCUT2D eigenvalue weighted by Crippen LogP contribution is 2.31. The Hall–Kier alpha value is -2.01. The monoisotopic (exact) mass is 436 g/mol. The quantitative estimate of drug-likeness (QED) is 0.380. The van der Waals surface area contributed by atoms with E-state index in [4.69, 9.17) is 9.63 Å². The molecule has 0 aromatic heterocycles. The van der Waals surface area contributed by atoms with Crippen molar-refractivity contribution < 1.29 is 28.5 Å². The van der Waals surface area contributed by atoms with Crippen LogP contribution in [0, 0.1) is 26.6 Å². The predicted molar refractivity (Wildman–Crippen MR) is 117 cm³/mol. The van der Waals surface area contributed by atoms with Crippen LogP contribution in [-0.4, -0.2) is 35.1 Å². The summed E-state index contributed by atoms with van der Waals surface area (Å²) in [4.78, 5) is 10.5. The summed E-state index contributed by atoms with van der Waals surface area (Å²) in [7, 11) is -2.45. The number of rotatable bonds is 11. The number of halogens is 1. The fraction of sp³-hybridized carbons (Fsp3) is 0.435. The van der Waals surface area contributed by atoms with Gasteiger partial charge in [0.1, 0.15) is 5.82 Å². The van der Waals surface area contributed by atoms with Crippen molar-refractivity contribution in [2.75, 3.05) is 12.8 Å². The molecule has 0 spiro atoms. The Balaban J connectivity index is 1.95. The van der Waals surface area contributed by atoms with E-state index < -0.39 is 26.5 Å². The highest BCUT2D eigenvalue weighted by molar-refractivity contribution is 7.39. The van der Waals surface area contributed by atoms with Gasteiger partial charge < -0.3 is 14.7 Å². The van der Waals surface area contributed by atoms with Crippen LogP contribution in [0.1, 0.15) is 41.5 Å². The van der Waals surface area contributed by atoms with Crippen LogP contribution in [-0.2, 0) is 20.3 Å². The van der Waals surface area contributed by atoms with Gasteiger partial charge in [-0.05, 0) is 80.0 Å². The first kappa shape index (κ1) is 24.3. The molecule has 30 heavy (non-hydrogen) atoms. The number of aliphatic hydroxyl groups is 1. The van der Waals surface area contributed by atoms with Crippen LogP contribution in [0.5, 0.6) is 0 Å². The number of unbranched alkanes of at least 4 members (excludes halogenated alkanes) is 1. The summed E-state index contributed by atoms with van der Waals surface area (Å²) in [5.74, 6) is -1.34. The third-order valence-electron chi connectivity index (χ3n) is 4.98. The molecule has 2 atom stereocenters. The lowest BCUT2D eigenvalue weighted by molar-refractivity contribution is -0.138. The van der Waals surface area contributed by atoms with E-state index in [0.29, 0.717) is 18.6 Å². The molecule has 0 aliphatic carbocycles. The molecule has 0 aliphatic heterocycles. The Morgan fingerprint density at radius 3 is 2.53 bits per heavy atom. The van der Waals surface area contributed by atoms with E-state index >= 15 is 0 Å². The van der Waals surface area contributed by atoms with E-state index in [-0.39, 0.29) is 12.0 Å². The number of benzene rings is 2. The summed E-state index contributed by atoms with van der Waals surface area (Å²) < 4.78 is 30.8. The molecule has 0 amide bonds. The zero-order valence-electron chi connectivity index (χ0n) is 17.7. The summed E-state index contributed by atoms with van der Waals surface area (Å²) in [5.41, 5.74) is 6.23. The van der Waals surface area contributed by atoms with Gasteiger partial charge in [0.2, 0.25) is 0 Å². The van der Waals surface area contributed by atoms with Crippen LogP contribution >= 0.6 is 8.03 Å². The van der Waals surface area contributed by atoms with Crippen LogP contribution in [0.25, 0.3) is 11.1 Å². The van der Waals surface area contributed by atoms with Gasteiger partial charge in [-0.2, -0.15) is 0 Å². The number of aliphatic carboxylic acids is 1. The maximum Gasteiger partial charge on any atom is 0.305 e. The van der Waals surface area contributed by atoms with E-state index in [1.165, 1.54) is 17.2 Å². The van der Waals surface area contributed by atoms with Gasteiger partial charge in [0.15, 0.2) is 8.03 Å². The molecule has 164 valence electrons. The lowest BCUT2D eigenvalue weighted by atomic mass is 9.90. The van der Waals surface area contributed by atoms with E-state index in [9.17, 15) is 18.9 Å². The van der Waals surface area contributed by atoms with Crippen LogP contribution in [0.15, 0.2) is 30.3 Å². The van der Waals surface area contributed by atoms with Crippen molar-refractivity contribution in [3.05, 3.63) is 58.4 Å². The maximum atomic E-state index is 13.7. The van der Waals surface area contributed by atoms with Crippen LogP contribution in [0.2, 0.25) is 0 Å². The molecule has 0 heterocycles. The Morgan fingerprint density at radius 1 is 1.13 bits per heavy atom. The van der Waals surface area contributed by atoms with Crippen molar-refractivity contribution in [3.63, 3.8) is 0 Å². The summed E-state index contributed by atoms with van der Waals surface area (Å²) in [6, 6.07) is 9.42. The van der Waals surface area contributed by atoms with Gasteiger partial charge in [-0.15, -0.1) is 0 Å². The molecular formula is C23H30FO5P. The molecule has 5 nitrogen and oxygen atoms in total. The Bertz CT molecular complexity index is 913. The minimum Gasteiger partial charge on any atom is -0.481 e. The SMILES string of the molecule is Cc1cc(C)c(CCCCO[PH](=O)CC(O)CC(=O)O)c(-c2ccc(F)c(C)c2)c1. The van der Waals surface area contributed by atoms with Crippen molar-refractivity contribution >= 4 is 14.0 Å². The topological polar surface area (TPSA) is 83.8 Å². The predicted octanol–water partition coefficient (Wildman–Crippen LogP) is 5.07. The number of aliphatic hydroxyl groups excluding tert-OH is 1. The van der Waals surface area contributed by atoms with E-state index in [0.717, 1.165) is 29.5 Å². The second-order valence-corrected chi connectivity index (χ2v) is 9.15. The normalized spacial score (nSPS) is 13.2. The smallest absolute Gasteiger partial charge is 0.305 e. The molecule has 0 bridgehead atoms. The molecule has 2 unspecified atom stereocenters. The second-order valence-electron chi connectivity index (χ2n) is 7.71. The van der Waals surface area contributed by atoms with Crippen molar-refractivity contribution in [1.82, 2.24) is 0 Å². The lowest BCUT2D eigenvalue weighted by Crippen LogP contribution is -2.15. The van der Waals surface area contributed by atoms with Gasteiger partial charge in [-0.25, -0.2) is 4.39 Å². The van der Waals surface area contributed by atoms with Gasteiger partial charge in [-0.3, -0.25) is 9.36 Å². The first-order valence-electron chi connectivity index (χ1n) is 10.1. The standard InChI is InChI=1S/C23H30FO5P/c1-15-10-16(2)20(21(11-15)18-7-8-22(24)17(3)12-18)6-4-5-9-29-30(28)14-19(25)13-23(26)27/h7-8,10-12,19,25,30H,4-6,9,13-14H2,1-3H3,(H,26,27). The molecule has 0 saturated carbocycles. The van der Waals surface area contributed by atoms with Crippen molar-refractivity contribution in [1.29, 1.82) is 0 Å². The number of carbonyl (C=O) groups is 1. The Kier molecular flexibility index (Phi) is 9.22. The average molecular weight is 436 g/mol. The van der Waals surface area contributed by atoms with E-state index in [2.05, 4.69) is 19.1 Å². The van der Waals surface area contributed by atoms with Crippen LogP contribution in [0.3, 0.4) is 0 Å². The molecule has 2 aromatic rings. The molecule has 2 N–H and O–H groups in total. The number of hydrogen-bond donors (Lipinski definition) is 2. The molecule has 0 saturated heterocycles. The number of hydrogen-bond acceptors (Lipinski definition) is 4. The molecule has 0 fully saturated rings. The number of carboxylic acids is 1. The maximum absolute atomic E-state index is 13.7. The molecule has 0 radical (unpaired) electrons. The Labute approximate surface area is 177 Å². The van der Waals surface area contributed by atoms with E-state index in [1.807, 2.05) is 13.0 Å². The van der Waals surface area contributed by atoms with Crippen molar-refractivity contribution in [2.24, 2.45) is 0 Å². The van der Waals surface area contributed by atoms with Gasteiger partial charge in [0.25, 0.3) is 0 Å². The summed E-state index contributed by atoms with van der Waals surface area (Å²) in [6.07, 6.45) is 0.611. The minimum absolute atomic E-state index is 0.137. The lowest BCUT2D eigenvalue weighted by Gasteiger charge is -2.15. The van der Waals surface area contributed by atoms with Gasteiger partial charge in [0, 0.05) is 6.16 Å². The number of aryl methyl sites for hydroxylation is 3. The molecule has 0 aliphatic rings. The zero-order chi connectivity index (χ0) is 22.3. The third-order valence-corrected chi connectivity index (χ3v) is 6.31. The Morgan fingerprint density at radius 2 is 1.87 bits per heavy atom. The summed E-state index contributed by atoms with van der Waals surface area (Å²) >= 11 is 0. The van der Waals surface area contributed by atoms with Crippen LogP contribution < -0.4 is 0 Å². The molecule has 2 aromatic carbocycles. The number of carboxylic acid groups (broad SMARTS) is 1. The first-order valence-corrected chi connectivity index (χ1v) is 11.6. The van der Waals surface area contributed by atoms with Gasteiger partial charge in [0.05, 0.1) is 19.1 Å². The van der Waals surface area contributed by atoms with Crippen molar-refractivity contribution in [3.8, 4) is 11.1 Å². The van der Waals surface area contributed by atoms with Crippen LogP contribution in [0.4, 0.5) is 4.39 Å². The fourth-order valence-corrected chi connectivity index (χ4v) is 4.53. The van der Waals surface area contributed by atoms with Crippen molar-refractivity contribution in [2.45, 2.75) is 52.6 Å². The average Bonchev–Trinajstić information content (AvgIpc) is 2.64. The van der Waals surface area contributed by atoms with E-state index in [1.54, 1.807) is 13.0 Å². The third kappa shape index (κ3) is 7.35. The van der Waals surface area contributed by atoms with Gasteiger partial charge >= 0.3 is 5.97 Å². The summed E-state index contributed by atoms with van der Waals surface area (Å²) in [6.45, 7) is 6.17. The summed E-state index contributed by atoms with van der Waals surface area (Å²) in [5, 5.41) is 18.1.